The van der Waals surface area contributed by atoms with Gasteiger partial charge in [0.15, 0.2) is 0 Å². The van der Waals surface area contributed by atoms with Crippen LogP contribution in [0.15, 0.2) is 36.5 Å². The van der Waals surface area contributed by atoms with Gasteiger partial charge in [0.05, 0.1) is 17.9 Å². The molecule has 3 aromatic rings. The Labute approximate surface area is 111 Å². The van der Waals surface area contributed by atoms with E-state index in [1.807, 2.05) is 30.8 Å². The molecule has 18 heavy (non-hydrogen) atoms. The largest absolute Gasteiger partial charge is 0.341 e. The SMILES string of the molecule is Cc1cc(Cn2ccc3cc(Cl)ccc32)n(C)n1. The Morgan fingerprint density at radius 1 is 1.22 bits per heavy atom. The van der Waals surface area contributed by atoms with E-state index < -0.39 is 0 Å². The van der Waals surface area contributed by atoms with Crippen molar-refractivity contribution < 1.29 is 0 Å². The van der Waals surface area contributed by atoms with Crippen LogP contribution >= 0.6 is 11.6 Å². The van der Waals surface area contributed by atoms with E-state index in [9.17, 15) is 0 Å². The summed E-state index contributed by atoms with van der Waals surface area (Å²) in [6.45, 7) is 2.83. The van der Waals surface area contributed by atoms with E-state index >= 15 is 0 Å². The van der Waals surface area contributed by atoms with Crippen LogP contribution in [0.4, 0.5) is 0 Å². The normalized spacial score (nSPS) is 11.3. The van der Waals surface area contributed by atoms with Crippen molar-refractivity contribution in [3.8, 4) is 0 Å². The Morgan fingerprint density at radius 3 is 2.78 bits per heavy atom. The van der Waals surface area contributed by atoms with Gasteiger partial charge in [0.1, 0.15) is 0 Å². The lowest BCUT2D eigenvalue weighted by Crippen LogP contribution is -2.04. The van der Waals surface area contributed by atoms with Gasteiger partial charge in [0.25, 0.3) is 0 Å². The van der Waals surface area contributed by atoms with Gasteiger partial charge in [0.2, 0.25) is 0 Å². The molecule has 2 heterocycles. The van der Waals surface area contributed by atoms with Crippen LogP contribution < -0.4 is 0 Å². The molecule has 0 aliphatic carbocycles. The predicted molar refractivity (Wildman–Crippen MR) is 74.0 cm³/mol. The van der Waals surface area contributed by atoms with E-state index in [1.54, 1.807) is 0 Å². The standard InChI is InChI=1S/C14H14ClN3/c1-10-7-13(17(2)16-10)9-18-6-5-11-8-12(15)3-4-14(11)18/h3-8H,9H2,1-2H3. The van der Waals surface area contributed by atoms with Crippen LogP contribution in [-0.4, -0.2) is 14.3 Å². The minimum atomic E-state index is 0.775. The number of fused-ring (bicyclic) bond motifs is 1. The van der Waals surface area contributed by atoms with E-state index in [2.05, 4.69) is 34.1 Å². The van der Waals surface area contributed by atoms with E-state index in [1.165, 1.54) is 16.6 Å². The molecule has 3 nitrogen and oxygen atoms in total. The molecule has 0 saturated heterocycles. The summed E-state index contributed by atoms with van der Waals surface area (Å²) >= 11 is 5.99. The topological polar surface area (TPSA) is 22.8 Å². The zero-order valence-corrected chi connectivity index (χ0v) is 11.1. The van der Waals surface area contributed by atoms with Gasteiger partial charge in [-0.1, -0.05) is 11.6 Å². The van der Waals surface area contributed by atoms with Gasteiger partial charge < -0.3 is 4.57 Å². The Kier molecular flexibility index (Phi) is 2.63. The molecular weight excluding hydrogens is 246 g/mol. The second-order valence-corrected chi connectivity index (χ2v) is 4.98. The highest BCUT2D eigenvalue weighted by atomic mass is 35.5. The average molecular weight is 260 g/mol. The molecule has 92 valence electrons. The van der Waals surface area contributed by atoms with Gasteiger partial charge in [-0.15, -0.1) is 0 Å². The molecule has 4 heteroatoms. The number of halogens is 1. The molecule has 0 unspecified atom stereocenters. The highest BCUT2D eigenvalue weighted by Crippen LogP contribution is 2.21. The number of benzene rings is 1. The predicted octanol–water partition coefficient (Wildman–Crippen LogP) is 3.38. The Balaban J connectivity index is 2.02. The summed E-state index contributed by atoms with van der Waals surface area (Å²) in [4.78, 5) is 0. The van der Waals surface area contributed by atoms with Crippen molar-refractivity contribution >= 4 is 22.5 Å². The van der Waals surface area contributed by atoms with Gasteiger partial charge in [-0.05, 0) is 37.3 Å². The van der Waals surface area contributed by atoms with Crippen molar-refractivity contribution in [2.45, 2.75) is 13.5 Å². The van der Waals surface area contributed by atoms with E-state index in [0.29, 0.717) is 0 Å². The first-order valence-electron chi connectivity index (χ1n) is 5.87. The average Bonchev–Trinajstić information content (AvgIpc) is 2.84. The minimum Gasteiger partial charge on any atom is -0.341 e. The molecule has 0 aliphatic heterocycles. The van der Waals surface area contributed by atoms with Crippen LogP contribution in [0, 0.1) is 6.92 Å². The molecule has 0 saturated carbocycles. The fraction of sp³-hybridized carbons (Fsp3) is 0.214. The molecule has 0 aliphatic rings. The first kappa shape index (κ1) is 11.4. The number of aromatic nitrogens is 3. The zero-order valence-electron chi connectivity index (χ0n) is 10.4. The molecule has 0 N–H and O–H groups in total. The maximum atomic E-state index is 5.99. The van der Waals surface area contributed by atoms with Gasteiger partial charge in [-0.3, -0.25) is 4.68 Å². The number of nitrogens with zero attached hydrogens (tertiary/aromatic N) is 3. The fourth-order valence-corrected chi connectivity index (χ4v) is 2.48. The zero-order chi connectivity index (χ0) is 12.7. The van der Waals surface area contributed by atoms with Gasteiger partial charge in [-0.2, -0.15) is 5.10 Å². The summed E-state index contributed by atoms with van der Waals surface area (Å²) in [5.74, 6) is 0. The van der Waals surface area contributed by atoms with Gasteiger partial charge in [-0.25, -0.2) is 0 Å². The summed E-state index contributed by atoms with van der Waals surface area (Å²) in [5.41, 5.74) is 3.44. The molecule has 1 aromatic carbocycles. The molecular formula is C14H14ClN3. The molecule has 2 aromatic heterocycles. The highest BCUT2D eigenvalue weighted by molar-refractivity contribution is 6.31. The summed E-state index contributed by atoms with van der Waals surface area (Å²) in [6, 6.07) is 10.2. The number of hydrogen-bond donors (Lipinski definition) is 0. The molecule has 0 radical (unpaired) electrons. The third-order valence-corrected chi connectivity index (χ3v) is 3.40. The summed E-state index contributed by atoms with van der Waals surface area (Å²) in [7, 11) is 1.98. The Morgan fingerprint density at radius 2 is 2.06 bits per heavy atom. The summed E-state index contributed by atoms with van der Waals surface area (Å²) < 4.78 is 4.14. The lowest BCUT2D eigenvalue weighted by Gasteiger charge is -2.05. The van der Waals surface area contributed by atoms with Crippen molar-refractivity contribution in [2.75, 3.05) is 0 Å². The lowest BCUT2D eigenvalue weighted by molar-refractivity contribution is 0.673. The molecule has 0 bridgehead atoms. The molecule has 0 fully saturated rings. The lowest BCUT2D eigenvalue weighted by atomic mass is 10.2. The van der Waals surface area contributed by atoms with Gasteiger partial charge >= 0.3 is 0 Å². The maximum absolute atomic E-state index is 5.99. The molecule has 0 spiro atoms. The van der Waals surface area contributed by atoms with Crippen molar-refractivity contribution in [1.29, 1.82) is 0 Å². The quantitative estimate of drug-likeness (QED) is 0.692. The van der Waals surface area contributed by atoms with Crippen LogP contribution in [0.2, 0.25) is 5.02 Å². The Bertz CT molecular complexity index is 709. The molecule has 0 atom stereocenters. The van der Waals surface area contributed by atoms with Crippen molar-refractivity contribution in [3.63, 3.8) is 0 Å². The monoisotopic (exact) mass is 259 g/mol. The third-order valence-electron chi connectivity index (χ3n) is 3.16. The smallest absolute Gasteiger partial charge is 0.0645 e. The maximum Gasteiger partial charge on any atom is 0.0645 e. The summed E-state index contributed by atoms with van der Waals surface area (Å²) in [5, 5.41) is 6.31. The van der Waals surface area contributed by atoms with Crippen LogP contribution in [0.1, 0.15) is 11.4 Å². The first-order chi connectivity index (χ1) is 8.63. The number of hydrogen-bond acceptors (Lipinski definition) is 1. The van der Waals surface area contributed by atoms with Crippen LogP contribution in [0.25, 0.3) is 10.9 Å². The first-order valence-corrected chi connectivity index (χ1v) is 6.25. The molecule has 3 rings (SSSR count). The fourth-order valence-electron chi connectivity index (χ4n) is 2.30. The van der Waals surface area contributed by atoms with E-state index in [4.69, 9.17) is 11.6 Å². The second-order valence-electron chi connectivity index (χ2n) is 4.55. The van der Waals surface area contributed by atoms with Crippen LogP contribution in [0.3, 0.4) is 0 Å². The minimum absolute atomic E-state index is 0.775. The third kappa shape index (κ3) is 1.91. The number of rotatable bonds is 2. The Hall–Kier alpha value is -1.74. The van der Waals surface area contributed by atoms with Crippen molar-refractivity contribution in [2.24, 2.45) is 7.05 Å². The number of aryl methyl sites for hydroxylation is 2. The van der Waals surface area contributed by atoms with E-state index in [-0.39, 0.29) is 0 Å². The highest BCUT2D eigenvalue weighted by Gasteiger charge is 2.06. The van der Waals surface area contributed by atoms with Gasteiger partial charge in [0, 0.05) is 29.2 Å². The summed E-state index contributed by atoms with van der Waals surface area (Å²) in [6.07, 6.45) is 2.09. The van der Waals surface area contributed by atoms with Crippen LogP contribution in [0.5, 0.6) is 0 Å². The van der Waals surface area contributed by atoms with E-state index in [0.717, 1.165) is 17.3 Å². The second kappa shape index (κ2) is 4.18. The van der Waals surface area contributed by atoms with Crippen molar-refractivity contribution in [1.82, 2.24) is 14.3 Å². The molecule has 0 amide bonds. The van der Waals surface area contributed by atoms with Crippen LogP contribution in [-0.2, 0) is 13.6 Å². The van der Waals surface area contributed by atoms with Crippen molar-refractivity contribution in [3.05, 3.63) is 52.9 Å².